The smallest absolute Gasteiger partial charge is 0.326 e. The fraction of sp³-hybridized carbons (Fsp3) is 0.167. The second-order valence-electron chi connectivity index (χ2n) is 3.97. The quantitative estimate of drug-likeness (QED) is 0.780. The number of aromatic nitrogens is 1. The van der Waals surface area contributed by atoms with Crippen LogP contribution in [0.2, 0.25) is 0 Å². The van der Waals surface area contributed by atoms with E-state index in [1.807, 2.05) is 24.3 Å². The van der Waals surface area contributed by atoms with Crippen LogP contribution < -0.4 is 5.32 Å². The van der Waals surface area contributed by atoms with Crippen LogP contribution in [0, 0.1) is 0 Å². The van der Waals surface area contributed by atoms with Crippen LogP contribution in [0.25, 0.3) is 11.3 Å². The van der Waals surface area contributed by atoms with E-state index in [9.17, 15) is 4.79 Å². The summed E-state index contributed by atoms with van der Waals surface area (Å²) in [6.07, 6.45) is 1.94. The molecule has 2 N–H and O–H groups in total. The Balaban J connectivity index is 2.18. The summed E-state index contributed by atoms with van der Waals surface area (Å²) in [5.41, 5.74) is 2.43. The Labute approximate surface area is 97.0 Å². The summed E-state index contributed by atoms with van der Waals surface area (Å²) in [6.45, 7) is 0. The first-order chi connectivity index (χ1) is 8.25. The molecule has 5 heteroatoms. The molecule has 2 heterocycles. The predicted molar refractivity (Wildman–Crippen MR) is 60.7 cm³/mol. The number of aliphatic carboxylic acids is 1. The number of benzene rings is 1. The second-order valence-corrected chi connectivity index (χ2v) is 3.97. The molecule has 5 nitrogen and oxygen atoms in total. The molecule has 2 aromatic rings. The number of carboxylic acids is 1. The molecule has 0 fully saturated rings. The fourth-order valence-electron chi connectivity index (χ4n) is 2.04. The van der Waals surface area contributed by atoms with Gasteiger partial charge in [-0.2, -0.15) is 0 Å². The van der Waals surface area contributed by atoms with Gasteiger partial charge in [-0.3, -0.25) is 0 Å². The number of rotatable bonds is 1. The average molecular weight is 230 g/mol. The summed E-state index contributed by atoms with van der Waals surface area (Å²) in [5, 5.41) is 15.9. The van der Waals surface area contributed by atoms with Crippen LogP contribution in [-0.2, 0) is 11.2 Å². The van der Waals surface area contributed by atoms with Crippen LogP contribution in [0.1, 0.15) is 5.56 Å². The van der Waals surface area contributed by atoms with Gasteiger partial charge < -0.3 is 14.9 Å². The summed E-state index contributed by atoms with van der Waals surface area (Å²) in [5.74, 6) is -0.231. The lowest BCUT2D eigenvalue weighted by Crippen LogP contribution is -2.30. The van der Waals surface area contributed by atoms with Gasteiger partial charge >= 0.3 is 5.97 Å². The molecule has 1 aromatic carbocycles. The standard InChI is InChI=1S/C12H10N2O3/c15-12(16)10-5-7-6-13-17-11(7)8-3-1-2-4-9(8)14-10/h1-4,6,10,14H,5H2,(H,15,16). The molecule has 1 unspecified atom stereocenters. The summed E-state index contributed by atoms with van der Waals surface area (Å²) < 4.78 is 5.21. The fourth-order valence-corrected chi connectivity index (χ4v) is 2.04. The van der Waals surface area contributed by atoms with Crippen LogP contribution in [0.5, 0.6) is 0 Å². The highest BCUT2D eigenvalue weighted by molar-refractivity contribution is 5.85. The third-order valence-corrected chi connectivity index (χ3v) is 2.87. The Kier molecular flexibility index (Phi) is 2.11. The molecule has 3 rings (SSSR count). The number of carboxylic acid groups (broad SMARTS) is 1. The molecule has 0 saturated heterocycles. The highest BCUT2D eigenvalue weighted by Crippen LogP contribution is 2.34. The zero-order valence-corrected chi connectivity index (χ0v) is 8.88. The highest BCUT2D eigenvalue weighted by atomic mass is 16.5. The van der Waals surface area contributed by atoms with Gasteiger partial charge in [0.25, 0.3) is 0 Å². The van der Waals surface area contributed by atoms with Crippen molar-refractivity contribution in [2.24, 2.45) is 0 Å². The van der Waals surface area contributed by atoms with E-state index in [2.05, 4.69) is 10.5 Å². The van der Waals surface area contributed by atoms with E-state index < -0.39 is 12.0 Å². The van der Waals surface area contributed by atoms with Crippen LogP contribution in [0.4, 0.5) is 5.69 Å². The first kappa shape index (κ1) is 9.89. The number of para-hydroxylation sites is 1. The normalized spacial score (nSPS) is 17.5. The van der Waals surface area contributed by atoms with Crippen molar-refractivity contribution in [1.29, 1.82) is 0 Å². The summed E-state index contributed by atoms with van der Waals surface area (Å²) in [4.78, 5) is 11.1. The monoisotopic (exact) mass is 230 g/mol. The first-order valence-electron chi connectivity index (χ1n) is 5.28. The Morgan fingerprint density at radius 1 is 1.47 bits per heavy atom. The van der Waals surface area contributed by atoms with Gasteiger partial charge in [-0.25, -0.2) is 4.79 Å². The highest BCUT2D eigenvalue weighted by Gasteiger charge is 2.27. The SMILES string of the molecule is O=C(O)C1Cc2cnoc2-c2ccccc2N1. The molecule has 17 heavy (non-hydrogen) atoms. The van der Waals surface area contributed by atoms with Crippen LogP contribution in [0.3, 0.4) is 0 Å². The number of carbonyl (C=O) groups is 1. The average Bonchev–Trinajstić information content (AvgIpc) is 2.71. The largest absolute Gasteiger partial charge is 0.480 e. The first-order valence-corrected chi connectivity index (χ1v) is 5.28. The second kappa shape index (κ2) is 3.62. The maximum absolute atomic E-state index is 11.1. The molecule has 0 spiro atoms. The number of anilines is 1. The van der Waals surface area contributed by atoms with Crippen molar-refractivity contribution in [3.05, 3.63) is 36.0 Å². The topological polar surface area (TPSA) is 75.4 Å². The molecule has 86 valence electrons. The van der Waals surface area contributed by atoms with Crippen molar-refractivity contribution in [3.63, 3.8) is 0 Å². The Hall–Kier alpha value is -2.30. The molecule has 0 radical (unpaired) electrons. The third-order valence-electron chi connectivity index (χ3n) is 2.87. The van der Waals surface area contributed by atoms with Crippen molar-refractivity contribution in [1.82, 2.24) is 5.16 Å². The predicted octanol–water partition coefficient (Wildman–Crippen LogP) is 1.76. The van der Waals surface area contributed by atoms with Crippen molar-refractivity contribution < 1.29 is 14.4 Å². The lowest BCUT2D eigenvalue weighted by atomic mass is 10.1. The zero-order valence-electron chi connectivity index (χ0n) is 8.88. The molecule has 0 bridgehead atoms. The van der Waals surface area contributed by atoms with E-state index in [0.29, 0.717) is 12.2 Å². The van der Waals surface area contributed by atoms with E-state index >= 15 is 0 Å². The van der Waals surface area contributed by atoms with Crippen molar-refractivity contribution >= 4 is 11.7 Å². The van der Waals surface area contributed by atoms with Crippen LogP contribution in [-0.4, -0.2) is 22.3 Å². The minimum Gasteiger partial charge on any atom is -0.480 e. The van der Waals surface area contributed by atoms with E-state index in [1.165, 1.54) is 0 Å². The van der Waals surface area contributed by atoms with Gasteiger partial charge in [0.2, 0.25) is 0 Å². The summed E-state index contributed by atoms with van der Waals surface area (Å²) >= 11 is 0. The van der Waals surface area contributed by atoms with Gasteiger partial charge in [0.15, 0.2) is 5.76 Å². The maximum Gasteiger partial charge on any atom is 0.326 e. The van der Waals surface area contributed by atoms with Crippen LogP contribution >= 0.6 is 0 Å². The maximum atomic E-state index is 11.1. The minimum atomic E-state index is -0.881. The lowest BCUT2D eigenvalue weighted by molar-refractivity contribution is -0.137. The molecule has 1 aromatic heterocycles. The van der Waals surface area contributed by atoms with E-state index in [4.69, 9.17) is 9.63 Å². The van der Waals surface area contributed by atoms with E-state index in [1.54, 1.807) is 6.20 Å². The van der Waals surface area contributed by atoms with Gasteiger partial charge in [-0.05, 0) is 12.1 Å². The van der Waals surface area contributed by atoms with Gasteiger partial charge in [0.1, 0.15) is 6.04 Å². The number of hydrogen-bond acceptors (Lipinski definition) is 4. The molecular formula is C12H10N2O3. The number of hydrogen-bond donors (Lipinski definition) is 2. The lowest BCUT2D eigenvalue weighted by Gasteiger charge is -2.13. The van der Waals surface area contributed by atoms with Gasteiger partial charge in [0, 0.05) is 23.2 Å². The van der Waals surface area contributed by atoms with Crippen LogP contribution in [0.15, 0.2) is 35.0 Å². The van der Waals surface area contributed by atoms with E-state index in [-0.39, 0.29) is 0 Å². The Bertz CT molecular complexity index is 577. The number of nitrogens with zero attached hydrogens (tertiary/aromatic N) is 1. The minimum absolute atomic E-state index is 0.364. The molecule has 0 amide bonds. The van der Waals surface area contributed by atoms with Gasteiger partial charge in [-0.1, -0.05) is 17.3 Å². The number of fused-ring (bicyclic) bond motifs is 3. The Morgan fingerprint density at radius 2 is 2.29 bits per heavy atom. The molecule has 1 aliphatic heterocycles. The zero-order chi connectivity index (χ0) is 11.8. The van der Waals surface area contributed by atoms with Crippen molar-refractivity contribution in [2.75, 3.05) is 5.32 Å². The molecule has 0 saturated carbocycles. The molecule has 1 atom stereocenters. The van der Waals surface area contributed by atoms with Crippen molar-refractivity contribution in [2.45, 2.75) is 12.5 Å². The third kappa shape index (κ3) is 1.56. The Morgan fingerprint density at radius 3 is 3.12 bits per heavy atom. The summed E-state index contributed by atoms with van der Waals surface area (Å²) in [7, 11) is 0. The number of nitrogens with one attached hydrogen (secondary N) is 1. The molecule has 0 aliphatic carbocycles. The van der Waals surface area contributed by atoms with Crippen molar-refractivity contribution in [3.8, 4) is 11.3 Å². The van der Waals surface area contributed by atoms with E-state index in [0.717, 1.165) is 16.8 Å². The molecule has 1 aliphatic rings. The van der Waals surface area contributed by atoms with Gasteiger partial charge in [-0.15, -0.1) is 0 Å². The molecular weight excluding hydrogens is 220 g/mol. The summed E-state index contributed by atoms with van der Waals surface area (Å²) in [6, 6.07) is 6.80. The van der Waals surface area contributed by atoms with Gasteiger partial charge in [0.05, 0.1) is 6.20 Å².